The molecule has 0 aliphatic heterocycles. The van der Waals surface area contributed by atoms with Crippen LogP contribution in [0.1, 0.15) is 23.7 Å². The van der Waals surface area contributed by atoms with Crippen LogP contribution in [0.2, 0.25) is 0 Å². The fourth-order valence-corrected chi connectivity index (χ4v) is 1.50. The number of carbonyl (C=O) groups excluding carboxylic acids is 1. The fourth-order valence-electron chi connectivity index (χ4n) is 1.50. The average molecular weight is 224 g/mol. The number of amides is 1. The van der Waals surface area contributed by atoms with Crippen molar-refractivity contribution in [1.82, 2.24) is 0 Å². The molecule has 2 unspecified atom stereocenters. The van der Waals surface area contributed by atoms with E-state index in [0.717, 1.165) is 5.56 Å². The Morgan fingerprint density at radius 2 is 2.06 bits per heavy atom. The van der Waals surface area contributed by atoms with Crippen LogP contribution in [0.5, 0.6) is 0 Å². The molecule has 6 N–H and O–H groups in total. The van der Waals surface area contributed by atoms with Crippen molar-refractivity contribution in [3.63, 3.8) is 0 Å². The highest BCUT2D eigenvalue weighted by atomic mass is 16.3. The third-order valence-electron chi connectivity index (χ3n) is 2.40. The summed E-state index contributed by atoms with van der Waals surface area (Å²) in [5.41, 5.74) is 12.3. The Hall–Kier alpha value is -1.59. The molecule has 0 radical (unpaired) electrons. The molecule has 0 aliphatic carbocycles. The zero-order chi connectivity index (χ0) is 12.3. The van der Waals surface area contributed by atoms with Crippen LogP contribution in [0.15, 0.2) is 18.2 Å². The molecule has 1 aromatic rings. The second-order valence-corrected chi connectivity index (χ2v) is 3.80. The number of aliphatic hydroxyl groups excluding tert-OH is 2. The van der Waals surface area contributed by atoms with Gasteiger partial charge in [-0.1, -0.05) is 6.07 Å². The van der Waals surface area contributed by atoms with Gasteiger partial charge in [-0.15, -0.1) is 0 Å². The monoisotopic (exact) mass is 224 g/mol. The summed E-state index contributed by atoms with van der Waals surface area (Å²) in [7, 11) is 0. The van der Waals surface area contributed by atoms with E-state index in [4.69, 9.17) is 11.5 Å². The van der Waals surface area contributed by atoms with Crippen LogP contribution in [0, 0.1) is 6.92 Å². The molecule has 0 aromatic heterocycles. The highest BCUT2D eigenvalue weighted by Crippen LogP contribution is 2.24. The van der Waals surface area contributed by atoms with Crippen molar-refractivity contribution in [2.45, 2.75) is 25.6 Å². The van der Waals surface area contributed by atoms with Gasteiger partial charge in [0, 0.05) is 5.69 Å². The molecule has 5 heteroatoms. The summed E-state index contributed by atoms with van der Waals surface area (Å²) in [5.74, 6) is -0.659. The number of benzene rings is 1. The minimum atomic E-state index is -1.21. The van der Waals surface area contributed by atoms with E-state index in [2.05, 4.69) is 0 Å². The van der Waals surface area contributed by atoms with Crippen LogP contribution in [-0.2, 0) is 4.79 Å². The van der Waals surface area contributed by atoms with E-state index in [1.54, 1.807) is 25.1 Å². The van der Waals surface area contributed by atoms with Crippen LogP contribution in [0.25, 0.3) is 0 Å². The van der Waals surface area contributed by atoms with Crippen LogP contribution >= 0.6 is 0 Å². The molecule has 0 aliphatic rings. The Balaban J connectivity index is 2.90. The highest BCUT2D eigenvalue weighted by molar-refractivity contribution is 5.74. The first-order valence-electron chi connectivity index (χ1n) is 4.92. The van der Waals surface area contributed by atoms with Gasteiger partial charge in [0.2, 0.25) is 5.91 Å². The molecule has 0 fully saturated rings. The normalized spacial score (nSPS) is 14.4. The number of primary amides is 1. The number of aliphatic hydroxyl groups is 2. The summed E-state index contributed by atoms with van der Waals surface area (Å²) in [4.78, 5) is 10.6. The lowest BCUT2D eigenvalue weighted by atomic mass is 9.97. The maximum atomic E-state index is 10.6. The summed E-state index contributed by atoms with van der Waals surface area (Å²) in [5, 5.41) is 19.4. The lowest BCUT2D eigenvalue weighted by molar-refractivity contribution is -0.121. The zero-order valence-corrected chi connectivity index (χ0v) is 9.05. The predicted octanol–water partition coefficient (Wildman–Crippen LogP) is -0.153. The van der Waals surface area contributed by atoms with E-state index in [-0.39, 0.29) is 6.42 Å². The van der Waals surface area contributed by atoms with Crippen molar-refractivity contribution in [1.29, 1.82) is 0 Å². The molecule has 2 atom stereocenters. The maximum Gasteiger partial charge on any atom is 0.220 e. The van der Waals surface area contributed by atoms with Gasteiger partial charge < -0.3 is 21.7 Å². The zero-order valence-electron chi connectivity index (χ0n) is 9.05. The molecule has 0 saturated heterocycles. The smallest absolute Gasteiger partial charge is 0.220 e. The molecule has 0 bridgehead atoms. The van der Waals surface area contributed by atoms with Gasteiger partial charge in [-0.25, -0.2) is 0 Å². The number of rotatable bonds is 4. The number of nitrogens with two attached hydrogens (primary N) is 2. The Kier molecular flexibility index (Phi) is 3.87. The molecule has 0 heterocycles. The third-order valence-corrected chi connectivity index (χ3v) is 2.40. The number of carbonyl (C=O) groups is 1. The molecule has 0 spiro atoms. The SMILES string of the molecule is Cc1ccc(N)cc1C(O)C(O)CC(N)=O. The van der Waals surface area contributed by atoms with E-state index in [1.807, 2.05) is 0 Å². The van der Waals surface area contributed by atoms with Crippen molar-refractivity contribution < 1.29 is 15.0 Å². The second kappa shape index (κ2) is 4.96. The fraction of sp³-hybridized carbons (Fsp3) is 0.364. The lowest BCUT2D eigenvalue weighted by Crippen LogP contribution is -2.26. The van der Waals surface area contributed by atoms with Crippen LogP contribution in [-0.4, -0.2) is 22.2 Å². The average Bonchev–Trinajstić information content (AvgIpc) is 2.19. The molecular formula is C11H16N2O3. The highest BCUT2D eigenvalue weighted by Gasteiger charge is 2.21. The van der Waals surface area contributed by atoms with Gasteiger partial charge in [-0.2, -0.15) is 0 Å². The number of hydrogen-bond acceptors (Lipinski definition) is 4. The number of anilines is 1. The molecule has 1 rings (SSSR count). The maximum absolute atomic E-state index is 10.6. The van der Waals surface area contributed by atoms with Crippen LogP contribution in [0.3, 0.4) is 0 Å². The summed E-state index contributed by atoms with van der Waals surface area (Å²) >= 11 is 0. The Bertz CT molecular complexity index is 393. The van der Waals surface area contributed by atoms with Gasteiger partial charge in [0.15, 0.2) is 0 Å². The molecule has 16 heavy (non-hydrogen) atoms. The first-order chi connectivity index (χ1) is 7.41. The Morgan fingerprint density at radius 3 is 2.62 bits per heavy atom. The summed E-state index contributed by atoms with van der Waals surface area (Å²) in [6.45, 7) is 1.79. The van der Waals surface area contributed by atoms with E-state index in [1.165, 1.54) is 0 Å². The van der Waals surface area contributed by atoms with Gasteiger partial charge in [0.05, 0.1) is 12.5 Å². The lowest BCUT2D eigenvalue weighted by Gasteiger charge is -2.19. The quantitative estimate of drug-likeness (QED) is 0.533. The topological polar surface area (TPSA) is 110 Å². The van der Waals surface area contributed by atoms with Gasteiger partial charge >= 0.3 is 0 Å². The molecule has 5 nitrogen and oxygen atoms in total. The van der Waals surface area contributed by atoms with E-state index >= 15 is 0 Å². The van der Waals surface area contributed by atoms with Crippen molar-refractivity contribution in [2.75, 3.05) is 5.73 Å². The third kappa shape index (κ3) is 2.95. The van der Waals surface area contributed by atoms with Crippen molar-refractivity contribution >= 4 is 11.6 Å². The molecular weight excluding hydrogens is 208 g/mol. The van der Waals surface area contributed by atoms with Gasteiger partial charge in [-0.05, 0) is 30.2 Å². The molecule has 1 amide bonds. The molecule has 0 saturated carbocycles. The first kappa shape index (κ1) is 12.5. The minimum absolute atomic E-state index is 0.282. The minimum Gasteiger partial charge on any atom is -0.399 e. The van der Waals surface area contributed by atoms with E-state index in [9.17, 15) is 15.0 Å². The summed E-state index contributed by atoms with van der Waals surface area (Å²) < 4.78 is 0. The predicted molar refractivity (Wildman–Crippen MR) is 60.4 cm³/mol. The molecule has 88 valence electrons. The van der Waals surface area contributed by atoms with Crippen molar-refractivity contribution in [2.24, 2.45) is 5.73 Å². The van der Waals surface area contributed by atoms with E-state index in [0.29, 0.717) is 11.3 Å². The standard InChI is InChI=1S/C11H16N2O3/c1-6-2-3-7(12)4-8(6)11(16)9(14)5-10(13)15/h2-4,9,11,14,16H,5,12H2,1H3,(H2,13,15). The second-order valence-electron chi connectivity index (χ2n) is 3.80. The Labute approximate surface area is 93.7 Å². The largest absolute Gasteiger partial charge is 0.399 e. The van der Waals surface area contributed by atoms with Crippen LogP contribution in [0.4, 0.5) is 5.69 Å². The Morgan fingerprint density at radius 1 is 1.44 bits per heavy atom. The summed E-state index contributed by atoms with van der Waals surface area (Å²) in [6.07, 6.45) is -2.65. The van der Waals surface area contributed by atoms with Gasteiger partial charge in [0.1, 0.15) is 6.10 Å². The van der Waals surface area contributed by atoms with Gasteiger partial charge in [0.25, 0.3) is 0 Å². The number of hydrogen-bond donors (Lipinski definition) is 4. The van der Waals surface area contributed by atoms with Crippen molar-refractivity contribution in [3.8, 4) is 0 Å². The first-order valence-corrected chi connectivity index (χ1v) is 4.92. The van der Waals surface area contributed by atoms with Crippen LogP contribution < -0.4 is 11.5 Å². The number of aryl methyl sites for hydroxylation is 1. The van der Waals surface area contributed by atoms with Gasteiger partial charge in [-0.3, -0.25) is 4.79 Å². The van der Waals surface area contributed by atoms with E-state index < -0.39 is 18.1 Å². The van der Waals surface area contributed by atoms with Crippen molar-refractivity contribution in [3.05, 3.63) is 29.3 Å². The number of nitrogen functional groups attached to an aromatic ring is 1. The summed E-state index contributed by atoms with van der Waals surface area (Å²) in [6, 6.07) is 5.01. The molecule has 1 aromatic carbocycles.